The van der Waals surface area contributed by atoms with Gasteiger partial charge in [0.1, 0.15) is 0 Å². The van der Waals surface area contributed by atoms with Crippen molar-refractivity contribution in [2.24, 2.45) is 0 Å². The van der Waals surface area contributed by atoms with Crippen molar-refractivity contribution in [1.29, 1.82) is 0 Å². The number of allylic oxidation sites excluding steroid dienone is 4. The van der Waals surface area contributed by atoms with Crippen molar-refractivity contribution in [1.82, 2.24) is 0 Å². The minimum Gasteiger partial charge on any atom is -0.454 e. The summed E-state index contributed by atoms with van der Waals surface area (Å²) in [6.07, 6.45) is 11.6. The number of hydrogen-bond donors (Lipinski definition) is 0. The normalized spacial score (nSPS) is 29.2. The maximum absolute atomic E-state index is 5.55. The largest absolute Gasteiger partial charge is 0.454 e. The first-order valence-electron chi connectivity index (χ1n) is 7.75. The predicted octanol–water partition coefficient (Wildman–Crippen LogP) is 4.43. The maximum Gasteiger partial charge on any atom is 0.231 e. The molecule has 1 aromatic rings. The van der Waals surface area contributed by atoms with Crippen molar-refractivity contribution in [3.63, 3.8) is 0 Å². The quantitative estimate of drug-likeness (QED) is 0.647. The Morgan fingerprint density at radius 1 is 0.800 bits per heavy atom. The van der Waals surface area contributed by atoms with Crippen LogP contribution < -0.4 is 9.47 Å². The van der Waals surface area contributed by atoms with Crippen LogP contribution in [0.3, 0.4) is 0 Å². The van der Waals surface area contributed by atoms with Crippen molar-refractivity contribution in [2.45, 2.75) is 43.9 Å². The molecule has 5 rings (SSSR count). The van der Waals surface area contributed by atoms with Gasteiger partial charge in [-0.05, 0) is 54.5 Å². The van der Waals surface area contributed by atoms with Crippen LogP contribution in [0, 0.1) is 0 Å². The highest BCUT2D eigenvalue weighted by Crippen LogP contribution is 2.57. The van der Waals surface area contributed by atoms with E-state index in [2.05, 4.69) is 24.3 Å². The summed E-state index contributed by atoms with van der Waals surface area (Å²) in [4.78, 5) is 0. The second kappa shape index (κ2) is 3.91. The van der Waals surface area contributed by atoms with Gasteiger partial charge in [-0.25, -0.2) is 0 Å². The molecule has 0 N–H and O–H groups in total. The third-order valence-corrected chi connectivity index (χ3v) is 5.28. The Balaban J connectivity index is 1.65. The Labute approximate surface area is 119 Å². The molecule has 1 aliphatic heterocycles. The first-order valence-corrected chi connectivity index (χ1v) is 7.75. The molecule has 102 valence electrons. The molecule has 3 aliphatic carbocycles. The number of benzene rings is 1. The van der Waals surface area contributed by atoms with E-state index in [0.717, 1.165) is 11.5 Å². The molecule has 4 aliphatic rings. The topological polar surface area (TPSA) is 18.5 Å². The molecule has 2 unspecified atom stereocenters. The van der Waals surface area contributed by atoms with Crippen LogP contribution in [0.4, 0.5) is 0 Å². The maximum atomic E-state index is 5.55. The molecule has 1 saturated carbocycles. The van der Waals surface area contributed by atoms with Gasteiger partial charge in [-0.1, -0.05) is 24.1 Å². The van der Waals surface area contributed by atoms with E-state index in [0.29, 0.717) is 18.6 Å². The highest BCUT2D eigenvalue weighted by Gasteiger charge is 2.40. The molecule has 0 radical (unpaired) electrons. The predicted molar refractivity (Wildman–Crippen MR) is 77.3 cm³/mol. The fourth-order valence-electron chi connectivity index (χ4n) is 4.38. The van der Waals surface area contributed by atoms with Crippen molar-refractivity contribution in [3.05, 3.63) is 46.6 Å². The van der Waals surface area contributed by atoms with Gasteiger partial charge in [0, 0.05) is 11.8 Å². The molecular formula is C18H18O2. The van der Waals surface area contributed by atoms with E-state index in [4.69, 9.17) is 9.47 Å². The van der Waals surface area contributed by atoms with Gasteiger partial charge in [0.15, 0.2) is 11.5 Å². The van der Waals surface area contributed by atoms with Gasteiger partial charge in [-0.3, -0.25) is 0 Å². The van der Waals surface area contributed by atoms with E-state index in [1.807, 2.05) is 0 Å². The average molecular weight is 266 g/mol. The van der Waals surface area contributed by atoms with Gasteiger partial charge < -0.3 is 9.47 Å². The molecule has 2 heteroatoms. The summed E-state index contributed by atoms with van der Waals surface area (Å²) in [7, 11) is 0. The lowest BCUT2D eigenvalue weighted by molar-refractivity contribution is 0.174. The minimum atomic E-state index is 0.370. The van der Waals surface area contributed by atoms with Crippen LogP contribution in [0.2, 0.25) is 0 Å². The highest BCUT2D eigenvalue weighted by atomic mass is 16.7. The van der Waals surface area contributed by atoms with Crippen molar-refractivity contribution in [3.8, 4) is 11.5 Å². The summed E-state index contributed by atoms with van der Waals surface area (Å²) < 4.78 is 11.1. The molecular weight excluding hydrogens is 248 g/mol. The summed E-state index contributed by atoms with van der Waals surface area (Å²) in [5, 5.41) is 0. The van der Waals surface area contributed by atoms with Gasteiger partial charge in [0.25, 0.3) is 0 Å². The van der Waals surface area contributed by atoms with Crippen molar-refractivity contribution in [2.75, 3.05) is 6.79 Å². The standard InChI is InChI=1S/C18H18O2/c1-2-4-11(5-3-1)18-12-6-7-13(18)15-9-17-16(8-14(12)15)19-10-20-17/h6-9,12-13H,1-5,10H2. The van der Waals surface area contributed by atoms with Gasteiger partial charge in [0.2, 0.25) is 6.79 Å². The van der Waals surface area contributed by atoms with E-state index < -0.39 is 0 Å². The first-order chi connectivity index (χ1) is 9.92. The van der Waals surface area contributed by atoms with Crippen LogP contribution in [0.15, 0.2) is 35.4 Å². The molecule has 2 nitrogen and oxygen atoms in total. The molecule has 0 aromatic heterocycles. The van der Waals surface area contributed by atoms with Crippen LogP contribution in [0.5, 0.6) is 11.5 Å². The van der Waals surface area contributed by atoms with Crippen molar-refractivity contribution >= 4 is 0 Å². The summed E-state index contributed by atoms with van der Waals surface area (Å²) in [5.74, 6) is 2.88. The lowest BCUT2D eigenvalue weighted by Gasteiger charge is -2.19. The fraction of sp³-hybridized carbons (Fsp3) is 0.444. The lowest BCUT2D eigenvalue weighted by atomic mass is 9.86. The minimum absolute atomic E-state index is 0.370. The SMILES string of the molecule is C1=CC2C(=C3CCCCC3)C1c1cc3c(cc12)OCO3. The molecule has 1 fully saturated rings. The first kappa shape index (κ1) is 11.0. The molecule has 0 saturated heterocycles. The van der Waals surface area contributed by atoms with Crippen LogP contribution in [-0.2, 0) is 0 Å². The summed E-state index contributed by atoms with van der Waals surface area (Å²) >= 11 is 0. The van der Waals surface area contributed by atoms with Gasteiger partial charge >= 0.3 is 0 Å². The smallest absolute Gasteiger partial charge is 0.231 e. The number of fused-ring (bicyclic) bond motifs is 6. The number of rotatable bonds is 0. The summed E-state index contributed by atoms with van der Waals surface area (Å²) in [6, 6.07) is 4.43. The second-order valence-electron chi connectivity index (χ2n) is 6.29. The van der Waals surface area contributed by atoms with Gasteiger partial charge in [-0.15, -0.1) is 0 Å². The van der Waals surface area contributed by atoms with Crippen LogP contribution >= 0.6 is 0 Å². The Bertz CT molecular complexity index is 603. The zero-order valence-corrected chi connectivity index (χ0v) is 11.5. The van der Waals surface area contributed by atoms with Crippen molar-refractivity contribution < 1.29 is 9.47 Å². The Hall–Kier alpha value is -1.70. The lowest BCUT2D eigenvalue weighted by Crippen LogP contribution is -2.01. The molecule has 0 spiro atoms. The summed E-state index contributed by atoms with van der Waals surface area (Å²) in [5.41, 5.74) is 6.32. The molecule has 20 heavy (non-hydrogen) atoms. The van der Waals surface area contributed by atoms with E-state index in [9.17, 15) is 0 Å². The fourth-order valence-corrected chi connectivity index (χ4v) is 4.38. The summed E-state index contributed by atoms with van der Waals surface area (Å²) in [6.45, 7) is 0.370. The molecule has 1 aromatic carbocycles. The van der Waals surface area contributed by atoms with Crippen LogP contribution in [0.25, 0.3) is 0 Å². The average Bonchev–Trinajstić information content (AvgIpc) is 3.19. The third kappa shape index (κ3) is 1.34. The highest BCUT2D eigenvalue weighted by molar-refractivity contribution is 5.65. The monoisotopic (exact) mass is 266 g/mol. The van der Waals surface area contributed by atoms with Crippen LogP contribution in [0.1, 0.15) is 55.1 Å². The molecule has 2 atom stereocenters. The van der Waals surface area contributed by atoms with Gasteiger partial charge in [-0.2, -0.15) is 0 Å². The molecule has 0 amide bonds. The second-order valence-corrected chi connectivity index (χ2v) is 6.29. The Morgan fingerprint density at radius 2 is 1.40 bits per heavy atom. The van der Waals surface area contributed by atoms with E-state index in [-0.39, 0.29) is 0 Å². The van der Waals surface area contributed by atoms with E-state index in [1.54, 1.807) is 11.1 Å². The zero-order chi connectivity index (χ0) is 13.1. The van der Waals surface area contributed by atoms with E-state index in [1.165, 1.54) is 43.2 Å². The van der Waals surface area contributed by atoms with E-state index >= 15 is 0 Å². The van der Waals surface area contributed by atoms with Gasteiger partial charge in [0.05, 0.1) is 0 Å². The Kier molecular flexibility index (Phi) is 2.15. The Morgan fingerprint density at radius 3 is 2.00 bits per heavy atom. The molecule has 1 heterocycles. The molecule has 2 bridgehead atoms. The number of hydrogen-bond acceptors (Lipinski definition) is 2. The zero-order valence-electron chi connectivity index (χ0n) is 11.5. The third-order valence-electron chi connectivity index (χ3n) is 5.28. The number of ether oxygens (including phenoxy) is 2. The van der Waals surface area contributed by atoms with Crippen LogP contribution in [-0.4, -0.2) is 6.79 Å².